The van der Waals surface area contributed by atoms with E-state index < -0.39 is 6.10 Å². The van der Waals surface area contributed by atoms with Crippen LogP contribution in [0.4, 0.5) is 0 Å². The van der Waals surface area contributed by atoms with Crippen molar-refractivity contribution in [3.63, 3.8) is 0 Å². The lowest BCUT2D eigenvalue weighted by Gasteiger charge is -2.31. The molecule has 6 heteroatoms. The highest BCUT2D eigenvalue weighted by Crippen LogP contribution is 2.28. The van der Waals surface area contributed by atoms with Crippen LogP contribution < -0.4 is 0 Å². The molecular weight excluding hydrogens is 376 g/mol. The van der Waals surface area contributed by atoms with Gasteiger partial charge in [-0.25, -0.2) is 4.68 Å². The van der Waals surface area contributed by atoms with Crippen molar-refractivity contribution in [3.05, 3.63) is 83.7 Å². The van der Waals surface area contributed by atoms with Crippen molar-refractivity contribution in [3.8, 4) is 0 Å². The molecule has 4 rings (SSSR count). The van der Waals surface area contributed by atoms with Gasteiger partial charge in [0.15, 0.2) is 0 Å². The summed E-state index contributed by atoms with van der Waals surface area (Å²) in [6.45, 7) is 4.11. The molecule has 1 unspecified atom stereocenters. The number of likely N-dealkylation sites (tertiary alicyclic amines) is 1. The summed E-state index contributed by atoms with van der Waals surface area (Å²) in [7, 11) is 0. The Labute approximate surface area is 178 Å². The van der Waals surface area contributed by atoms with Crippen LogP contribution in [0.25, 0.3) is 0 Å². The zero-order valence-electron chi connectivity index (χ0n) is 17.3. The van der Waals surface area contributed by atoms with E-state index in [1.807, 2.05) is 36.5 Å². The topological polar surface area (TPSA) is 63.4 Å². The van der Waals surface area contributed by atoms with E-state index in [1.165, 1.54) is 18.4 Å². The Morgan fingerprint density at radius 3 is 2.43 bits per heavy atom. The standard InChI is InChI=1S/C24H30N4O2/c29-24(19-30-18-20-7-3-1-4-8-20)17-28-16-23(25-26-28)15-27-13-11-22(12-14-27)21-9-5-2-6-10-21/h1-10,16,22,24,29H,11-15,17-19H2. The molecule has 0 saturated carbocycles. The minimum absolute atomic E-state index is 0.275. The van der Waals surface area contributed by atoms with Crippen LogP contribution in [0, 0.1) is 0 Å². The molecule has 0 radical (unpaired) electrons. The fourth-order valence-corrected chi connectivity index (χ4v) is 4.03. The second-order valence-electron chi connectivity index (χ2n) is 8.05. The molecule has 0 amide bonds. The number of nitrogens with zero attached hydrogens (tertiary/aromatic N) is 4. The number of aliphatic hydroxyl groups is 1. The Kier molecular flexibility index (Phi) is 7.24. The number of hydrogen-bond donors (Lipinski definition) is 1. The van der Waals surface area contributed by atoms with Crippen molar-refractivity contribution >= 4 is 0 Å². The van der Waals surface area contributed by atoms with Crippen LogP contribution in [-0.4, -0.2) is 50.8 Å². The monoisotopic (exact) mass is 406 g/mol. The fourth-order valence-electron chi connectivity index (χ4n) is 4.03. The first-order chi connectivity index (χ1) is 14.8. The lowest BCUT2D eigenvalue weighted by Crippen LogP contribution is -2.32. The van der Waals surface area contributed by atoms with Crippen molar-refractivity contribution in [2.24, 2.45) is 0 Å². The lowest BCUT2D eigenvalue weighted by atomic mass is 9.89. The molecule has 0 bridgehead atoms. The predicted octanol–water partition coefficient (Wildman–Crippen LogP) is 3.24. The van der Waals surface area contributed by atoms with Gasteiger partial charge >= 0.3 is 0 Å². The van der Waals surface area contributed by atoms with Crippen molar-refractivity contribution < 1.29 is 9.84 Å². The number of aliphatic hydroxyl groups excluding tert-OH is 1. The third-order valence-corrected chi connectivity index (χ3v) is 5.65. The molecular formula is C24H30N4O2. The van der Waals surface area contributed by atoms with Crippen LogP contribution in [0.15, 0.2) is 66.9 Å². The summed E-state index contributed by atoms with van der Waals surface area (Å²) in [5, 5.41) is 18.7. The number of piperidine rings is 1. The second-order valence-corrected chi connectivity index (χ2v) is 8.05. The smallest absolute Gasteiger partial charge is 0.0969 e. The van der Waals surface area contributed by atoms with E-state index in [0.29, 0.717) is 19.1 Å². The van der Waals surface area contributed by atoms with E-state index in [9.17, 15) is 5.11 Å². The molecule has 3 aromatic rings. The predicted molar refractivity (Wildman–Crippen MR) is 116 cm³/mol. The molecule has 158 valence electrons. The van der Waals surface area contributed by atoms with Crippen molar-refractivity contribution in [1.82, 2.24) is 19.9 Å². The van der Waals surface area contributed by atoms with E-state index in [0.717, 1.165) is 30.9 Å². The first-order valence-corrected chi connectivity index (χ1v) is 10.7. The van der Waals surface area contributed by atoms with Crippen LogP contribution in [0.1, 0.15) is 35.6 Å². The molecule has 2 heterocycles. The maximum atomic E-state index is 10.2. The van der Waals surface area contributed by atoms with Gasteiger partial charge in [-0.05, 0) is 43.0 Å². The van der Waals surface area contributed by atoms with Gasteiger partial charge in [0.1, 0.15) is 0 Å². The normalized spacial score (nSPS) is 16.6. The van der Waals surface area contributed by atoms with Crippen LogP contribution in [-0.2, 0) is 24.4 Å². The van der Waals surface area contributed by atoms with Crippen LogP contribution >= 0.6 is 0 Å². The largest absolute Gasteiger partial charge is 0.389 e. The molecule has 30 heavy (non-hydrogen) atoms. The summed E-state index contributed by atoms with van der Waals surface area (Å²) in [6, 6.07) is 20.8. The van der Waals surface area contributed by atoms with E-state index >= 15 is 0 Å². The third-order valence-electron chi connectivity index (χ3n) is 5.65. The van der Waals surface area contributed by atoms with Crippen molar-refractivity contribution in [2.75, 3.05) is 19.7 Å². The average Bonchev–Trinajstić information content (AvgIpc) is 3.22. The summed E-state index contributed by atoms with van der Waals surface area (Å²) in [5.41, 5.74) is 3.50. The highest BCUT2D eigenvalue weighted by Gasteiger charge is 2.21. The maximum Gasteiger partial charge on any atom is 0.0969 e. The number of benzene rings is 2. The second kappa shape index (κ2) is 10.5. The van der Waals surface area contributed by atoms with Crippen molar-refractivity contribution in [1.29, 1.82) is 0 Å². The summed E-state index contributed by atoms with van der Waals surface area (Å²) in [6.07, 6.45) is 3.68. The number of rotatable bonds is 9. The fraction of sp³-hybridized carbons (Fsp3) is 0.417. The molecule has 0 spiro atoms. The minimum atomic E-state index is -0.607. The average molecular weight is 407 g/mol. The Balaban J connectivity index is 1.18. The molecule has 2 aromatic carbocycles. The molecule has 1 fully saturated rings. The summed E-state index contributed by atoms with van der Waals surface area (Å²) < 4.78 is 7.32. The van der Waals surface area contributed by atoms with E-state index in [4.69, 9.17) is 4.74 Å². The van der Waals surface area contributed by atoms with Crippen molar-refractivity contribution in [2.45, 2.75) is 44.6 Å². The highest BCUT2D eigenvalue weighted by atomic mass is 16.5. The molecule has 1 saturated heterocycles. The van der Waals surface area contributed by atoms with Gasteiger partial charge in [0.25, 0.3) is 0 Å². The molecule has 6 nitrogen and oxygen atoms in total. The number of aromatic nitrogens is 3. The van der Waals surface area contributed by atoms with Crippen LogP contribution in [0.3, 0.4) is 0 Å². The third kappa shape index (κ3) is 5.98. The Morgan fingerprint density at radius 1 is 1.00 bits per heavy atom. The van der Waals surface area contributed by atoms with Gasteiger partial charge in [0.05, 0.1) is 31.6 Å². The zero-order valence-corrected chi connectivity index (χ0v) is 17.3. The van der Waals surface area contributed by atoms with E-state index in [2.05, 4.69) is 45.5 Å². The maximum absolute atomic E-state index is 10.2. The molecule has 1 aromatic heterocycles. The molecule has 1 aliphatic rings. The SMILES string of the molecule is OC(COCc1ccccc1)Cn1cc(CN2CCC(c3ccccc3)CC2)nn1. The first kappa shape index (κ1) is 20.7. The van der Waals surface area contributed by atoms with Gasteiger partial charge in [0.2, 0.25) is 0 Å². The summed E-state index contributed by atoms with van der Waals surface area (Å²) >= 11 is 0. The summed E-state index contributed by atoms with van der Waals surface area (Å²) in [4.78, 5) is 2.44. The van der Waals surface area contributed by atoms with Gasteiger partial charge in [-0.2, -0.15) is 0 Å². The van der Waals surface area contributed by atoms with Gasteiger partial charge in [-0.15, -0.1) is 5.10 Å². The first-order valence-electron chi connectivity index (χ1n) is 10.7. The highest BCUT2D eigenvalue weighted by molar-refractivity contribution is 5.20. The Morgan fingerprint density at radius 2 is 1.70 bits per heavy atom. The number of ether oxygens (including phenoxy) is 1. The Bertz CT molecular complexity index is 876. The minimum Gasteiger partial charge on any atom is -0.389 e. The van der Waals surface area contributed by atoms with Crippen LogP contribution in [0.5, 0.6) is 0 Å². The van der Waals surface area contributed by atoms with Gasteiger partial charge in [0, 0.05) is 12.7 Å². The van der Waals surface area contributed by atoms with E-state index in [1.54, 1.807) is 4.68 Å². The van der Waals surface area contributed by atoms with Gasteiger partial charge in [-0.3, -0.25) is 4.90 Å². The Hall–Kier alpha value is -2.54. The molecule has 1 aliphatic heterocycles. The van der Waals surface area contributed by atoms with Crippen LogP contribution in [0.2, 0.25) is 0 Å². The van der Waals surface area contributed by atoms with Gasteiger partial charge in [-0.1, -0.05) is 65.9 Å². The molecule has 1 atom stereocenters. The molecule has 0 aliphatic carbocycles. The van der Waals surface area contributed by atoms with E-state index in [-0.39, 0.29) is 6.61 Å². The zero-order chi connectivity index (χ0) is 20.6. The molecule has 1 N–H and O–H groups in total. The summed E-state index contributed by atoms with van der Waals surface area (Å²) in [5.74, 6) is 0.657. The quantitative estimate of drug-likeness (QED) is 0.591. The lowest BCUT2D eigenvalue weighted by molar-refractivity contribution is 0.0184. The number of hydrogen-bond acceptors (Lipinski definition) is 5. The van der Waals surface area contributed by atoms with Gasteiger partial charge < -0.3 is 9.84 Å².